The van der Waals surface area contributed by atoms with Crippen molar-refractivity contribution in [3.05, 3.63) is 83.4 Å². The van der Waals surface area contributed by atoms with E-state index in [0.717, 1.165) is 0 Å². The third kappa shape index (κ3) is 5.61. The molecule has 0 atom stereocenters. The summed E-state index contributed by atoms with van der Waals surface area (Å²) in [6.07, 6.45) is 12.2. The third-order valence-electron chi connectivity index (χ3n) is 8.58. The van der Waals surface area contributed by atoms with Crippen molar-refractivity contribution in [3.8, 4) is 0 Å². The van der Waals surface area contributed by atoms with Gasteiger partial charge < -0.3 is 0 Å². The minimum absolute atomic E-state index is 0.535. The normalized spacial score (nSPS) is 12.2. The largest absolute Gasteiger partial charge is 0.0654 e. The van der Waals surface area contributed by atoms with Gasteiger partial charge >= 0.3 is 0 Å². The summed E-state index contributed by atoms with van der Waals surface area (Å²) < 4.78 is 0. The van der Waals surface area contributed by atoms with E-state index in [4.69, 9.17) is 0 Å². The molecule has 0 heteroatoms. The van der Waals surface area contributed by atoms with Crippen molar-refractivity contribution in [2.45, 2.75) is 104 Å². The predicted molar refractivity (Wildman–Crippen MR) is 171 cm³/mol. The van der Waals surface area contributed by atoms with E-state index in [9.17, 15) is 0 Å². The Morgan fingerprint density at radius 1 is 0.500 bits per heavy atom. The van der Waals surface area contributed by atoms with E-state index in [0.29, 0.717) is 11.8 Å². The van der Waals surface area contributed by atoms with Gasteiger partial charge in [0.15, 0.2) is 0 Å². The lowest BCUT2D eigenvalue weighted by Gasteiger charge is -2.23. The topological polar surface area (TPSA) is 0 Å². The van der Waals surface area contributed by atoms with Crippen LogP contribution in [0, 0.1) is 0 Å². The number of hydrogen-bond donors (Lipinski definition) is 0. The molecule has 0 aliphatic heterocycles. The van der Waals surface area contributed by atoms with Gasteiger partial charge in [-0.25, -0.2) is 0 Å². The Morgan fingerprint density at radius 2 is 1.00 bits per heavy atom. The molecule has 5 aromatic rings. The monoisotopic (exact) mass is 502 g/mol. The van der Waals surface area contributed by atoms with Crippen molar-refractivity contribution >= 4 is 43.1 Å². The van der Waals surface area contributed by atoms with Crippen LogP contribution in [-0.4, -0.2) is 0 Å². The van der Waals surface area contributed by atoms with Gasteiger partial charge in [0.25, 0.3) is 0 Å². The van der Waals surface area contributed by atoms with Gasteiger partial charge in [0, 0.05) is 0 Å². The quantitative estimate of drug-likeness (QED) is 0.124. The van der Waals surface area contributed by atoms with E-state index in [1.807, 2.05) is 0 Å². The van der Waals surface area contributed by atoms with Crippen LogP contribution < -0.4 is 0 Å². The van der Waals surface area contributed by atoms with Crippen molar-refractivity contribution in [2.75, 3.05) is 0 Å². The zero-order valence-electron chi connectivity index (χ0n) is 24.4. The van der Waals surface area contributed by atoms with Crippen molar-refractivity contribution in [3.63, 3.8) is 0 Å². The van der Waals surface area contributed by atoms with Gasteiger partial charge in [0.2, 0.25) is 0 Å². The van der Waals surface area contributed by atoms with Crippen LogP contribution in [0.15, 0.2) is 66.7 Å². The number of benzene rings is 5. The van der Waals surface area contributed by atoms with Crippen LogP contribution in [0.2, 0.25) is 0 Å². The highest BCUT2D eigenvalue weighted by Crippen LogP contribution is 2.39. The summed E-state index contributed by atoms with van der Waals surface area (Å²) in [5.74, 6) is 1.08. The van der Waals surface area contributed by atoms with Gasteiger partial charge in [-0.15, -0.1) is 0 Å². The number of rotatable bonds is 11. The van der Waals surface area contributed by atoms with E-state index >= 15 is 0 Å². The molecule has 0 unspecified atom stereocenters. The SMILES string of the molecule is CCCCCCCCCCc1c(C(C)C)c(C(C)C)cc2cc3cc4cc5ccccc5cc4cc3cc12. The molecule has 198 valence electrons. The fraction of sp³-hybridized carbons (Fsp3) is 0.421. The maximum atomic E-state index is 2.51. The Morgan fingerprint density at radius 3 is 1.55 bits per heavy atom. The van der Waals surface area contributed by atoms with E-state index in [-0.39, 0.29) is 0 Å². The summed E-state index contributed by atoms with van der Waals surface area (Å²) in [5, 5.41) is 10.9. The summed E-state index contributed by atoms with van der Waals surface area (Å²) in [6.45, 7) is 11.8. The first-order valence-electron chi connectivity index (χ1n) is 15.3. The fourth-order valence-corrected chi connectivity index (χ4v) is 6.57. The van der Waals surface area contributed by atoms with Crippen LogP contribution in [0.5, 0.6) is 0 Å². The summed E-state index contributed by atoms with van der Waals surface area (Å²) in [6, 6.07) is 25.7. The Hall–Kier alpha value is -2.86. The zero-order chi connectivity index (χ0) is 26.6. The highest BCUT2D eigenvalue weighted by atomic mass is 14.2. The van der Waals surface area contributed by atoms with Gasteiger partial charge in [0.1, 0.15) is 0 Å². The van der Waals surface area contributed by atoms with Crippen LogP contribution in [0.4, 0.5) is 0 Å². The Balaban J connectivity index is 1.56. The second-order valence-electron chi connectivity index (χ2n) is 12.2. The fourth-order valence-electron chi connectivity index (χ4n) is 6.57. The van der Waals surface area contributed by atoms with Crippen LogP contribution in [0.25, 0.3) is 43.1 Å². The first kappa shape index (κ1) is 26.7. The lowest BCUT2D eigenvalue weighted by Crippen LogP contribution is -2.06. The molecule has 0 aliphatic carbocycles. The molecule has 0 saturated heterocycles. The van der Waals surface area contributed by atoms with Crippen molar-refractivity contribution in [2.24, 2.45) is 0 Å². The van der Waals surface area contributed by atoms with Gasteiger partial charge in [-0.2, -0.15) is 0 Å². The lowest BCUT2D eigenvalue weighted by molar-refractivity contribution is 0.575. The van der Waals surface area contributed by atoms with Crippen LogP contribution in [-0.2, 0) is 6.42 Å². The molecule has 0 aliphatic rings. The average Bonchev–Trinajstić information content (AvgIpc) is 2.90. The van der Waals surface area contributed by atoms with E-state index in [2.05, 4.69) is 101 Å². The molecule has 0 fully saturated rings. The van der Waals surface area contributed by atoms with Gasteiger partial charge in [-0.3, -0.25) is 0 Å². The molecule has 0 aromatic heterocycles. The molecule has 5 rings (SSSR count). The summed E-state index contributed by atoms with van der Waals surface area (Å²) in [4.78, 5) is 0. The van der Waals surface area contributed by atoms with E-state index in [1.54, 1.807) is 16.7 Å². The average molecular weight is 503 g/mol. The van der Waals surface area contributed by atoms with Gasteiger partial charge in [-0.1, -0.05) is 110 Å². The molecule has 0 bridgehead atoms. The lowest BCUT2D eigenvalue weighted by atomic mass is 9.81. The molecule has 0 N–H and O–H groups in total. The molecule has 38 heavy (non-hydrogen) atoms. The number of aryl methyl sites for hydroxylation is 1. The van der Waals surface area contributed by atoms with Crippen molar-refractivity contribution in [1.29, 1.82) is 0 Å². The molecule has 0 radical (unpaired) electrons. The van der Waals surface area contributed by atoms with Crippen molar-refractivity contribution in [1.82, 2.24) is 0 Å². The molecule has 0 amide bonds. The minimum Gasteiger partial charge on any atom is -0.0654 e. The molecular weight excluding hydrogens is 456 g/mol. The number of hydrogen-bond acceptors (Lipinski definition) is 0. The smallest absolute Gasteiger partial charge is 0.0142 e. The Bertz CT molecular complexity index is 1550. The minimum atomic E-state index is 0.535. The van der Waals surface area contributed by atoms with E-state index in [1.165, 1.54) is 101 Å². The van der Waals surface area contributed by atoms with Gasteiger partial charge in [-0.05, 0) is 121 Å². The van der Waals surface area contributed by atoms with Gasteiger partial charge in [0.05, 0.1) is 0 Å². The molecule has 5 aromatic carbocycles. The Kier molecular flexibility index (Phi) is 8.37. The van der Waals surface area contributed by atoms with Crippen molar-refractivity contribution < 1.29 is 0 Å². The molecule has 0 heterocycles. The standard InChI is InChI=1S/C38H46/c1-6-7-8-9-10-11-12-13-18-35-37-24-33-22-31-20-29-17-15-14-16-28(29)19-30(31)21-32(33)23-34(37)25-36(26(2)3)38(35)27(4)5/h14-17,19-27H,6-13,18H2,1-5H3. The van der Waals surface area contributed by atoms with E-state index < -0.39 is 0 Å². The molecule has 0 saturated carbocycles. The van der Waals surface area contributed by atoms with Crippen LogP contribution in [0.1, 0.15) is 115 Å². The zero-order valence-corrected chi connectivity index (χ0v) is 24.4. The molecular formula is C38H46. The second-order valence-corrected chi connectivity index (χ2v) is 12.2. The highest BCUT2D eigenvalue weighted by Gasteiger charge is 2.18. The molecule has 0 spiro atoms. The molecule has 0 nitrogen and oxygen atoms in total. The summed E-state index contributed by atoms with van der Waals surface area (Å²) in [7, 11) is 0. The Labute approximate surface area is 230 Å². The number of fused-ring (bicyclic) bond motifs is 4. The second kappa shape index (κ2) is 11.9. The summed E-state index contributed by atoms with van der Waals surface area (Å²) >= 11 is 0. The van der Waals surface area contributed by atoms with Crippen LogP contribution in [0.3, 0.4) is 0 Å². The maximum Gasteiger partial charge on any atom is -0.0142 e. The maximum absolute atomic E-state index is 2.51. The van der Waals surface area contributed by atoms with Crippen LogP contribution >= 0.6 is 0 Å². The highest BCUT2D eigenvalue weighted by molar-refractivity contribution is 6.08. The predicted octanol–water partition coefficient (Wildman–Crippen LogP) is 12.2. The summed E-state index contributed by atoms with van der Waals surface area (Å²) in [5.41, 5.74) is 4.78. The number of unbranched alkanes of at least 4 members (excludes halogenated alkanes) is 7. The third-order valence-corrected chi connectivity index (χ3v) is 8.58. The first-order chi connectivity index (χ1) is 18.5. The first-order valence-corrected chi connectivity index (χ1v) is 15.3.